The summed E-state index contributed by atoms with van der Waals surface area (Å²) < 4.78 is 23.8. The monoisotopic (exact) mass is 486 g/mol. The van der Waals surface area contributed by atoms with E-state index in [-0.39, 0.29) is 41.7 Å². The zero-order valence-electron chi connectivity index (χ0n) is 21.8. The molecule has 0 fully saturated rings. The minimum atomic E-state index is -3.56. The lowest BCUT2D eigenvalue weighted by Gasteiger charge is -2.28. The highest BCUT2D eigenvalue weighted by atomic mass is 31.2. The summed E-state index contributed by atoms with van der Waals surface area (Å²) in [5, 5.41) is 11.1. The number of phenolic OH excluding ortho intramolecular Hbond substituents is 1. The molecule has 186 valence electrons. The van der Waals surface area contributed by atoms with Gasteiger partial charge in [0.05, 0.1) is 13.2 Å². The molecule has 6 heteroatoms. The number of rotatable bonds is 9. The molecule has 0 saturated carbocycles. The van der Waals surface area contributed by atoms with Crippen molar-refractivity contribution >= 4 is 25.0 Å². The van der Waals surface area contributed by atoms with Crippen molar-refractivity contribution in [3.8, 4) is 5.75 Å². The second-order valence-electron chi connectivity index (χ2n) is 10.4. The van der Waals surface area contributed by atoms with Crippen molar-refractivity contribution in [2.45, 2.75) is 66.2 Å². The molecule has 0 aliphatic heterocycles. The molecule has 0 aliphatic rings. The number of hydrogen-bond donors (Lipinski definition) is 1. The van der Waals surface area contributed by atoms with Gasteiger partial charge in [0.2, 0.25) is 0 Å². The van der Waals surface area contributed by atoms with Crippen LogP contribution in [-0.2, 0) is 29.2 Å². The Morgan fingerprint density at radius 1 is 0.912 bits per heavy atom. The predicted octanol–water partition coefficient (Wildman–Crippen LogP) is 7.36. The van der Waals surface area contributed by atoms with Crippen molar-refractivity contribution < 1.29 is 23.5 Å². The summed E-state index contributed by atoms with van der Waals surface area (Å²) in [5.74, 6) is -0.0407. The maximum absolute atomic E-state index is 13.5. The number of carbonyl (C=O) groups is 1. The van der Waals surface area contributed by atoms with Gasteiger partial charge in [-0.2, -0.15) is 0 Å². The first-order valence-electron chi connectivity index (χ1n) is 11.8. The Labute approximate surface area is 204 Å². The fraction of sp³-hybridized carbons (Fsp3) is 0.464. The van der Waals surface area contributed by atoms with Crippen molar-refractivity contribution in [1.82, 2.24) is 0 Å². The van der Waals surface area contributed by atoms with Gasteiger partial charge in [-0.25, -0.2) is 0 Å². The van der Waals surface area contributed by atoms with Crippen molar-refractivity contribution in [3.05, 3.63) is 64.7 Å². The summed E-state index contributed by atoms with van der Waals surface area (Å²) in [6.07, 6.45) is 1.47. The molecular weight excluding hydrogens is 447 g/mol. The summed E-state index contributed by atoms with van der Waals surface area (Å²) in [6, 6.07) is 13.2. The SMILES string of the molecule is CCOP(=O)(CC(=O)C(=Cc1cc(C(C)(C)C)c(O)c(C(C)(C)C)c1)c1ccccc1)OCC. The number of Topliss-reactive ketones (excluding diaryl/α,β-unsaturated/α-hetero) is 1. The number of carbonyl (C=O) groups excluding carboxylic acids is 1. The van der Waals surface area contributed by atoms with Crippen LogP contribution in [-0.4, -0.2) is 30.3 Å². The predicted molar refractivity (Wildman–Crippen MR) is 141 cm³/mol. The van der Waals surface area contributed by atoms with Crippen molar-refractivity contribution in [3.63, 3.8) is 0 Å². The molecular formula is C28H39O5P. The molecule has 0 aromatic heterocycles. The van der Waals surface area contributed by atoms with Gasteiger partial charge in [-0.05, 0) is 54.0 Å². The Kier molecular flexibility index (Phi) is 9.10. The zero-order valence-corrected chi connectivity index (χ0v) is 22.7. The lowest BCUT2D eigenvalue weighted by Crippen LogP contribution is -2.17. The minimum absolute atomic E-state index is 0.191. The van der Waals surface area contributed by atoms with Gasteiger partial charge in [0, 0.05) is 16.7 Å². The standard InChI is InChI=1S/C28H39O5P/c1-9-32-34(31,33-10-2)19-25(29)22(21-14-12-11-13-15-21)16-20-17-23(27(3,4)5)26(30)24(18-20)28(6,7)8/h11-18,30H,9-10,19H2,1-8H3. The minimum Gasteiger partial charge on any atom is -0.507 e. The highest BCUT2D eigenvalue weighted by Crippen LogP contribution is 2.49. The van der Waals surface area contributed by atoms with Gasteiger partial charge >= 0.3 is 7.60 Å². The van der Waals surface area contributed by atoms with Crippen LogP contribution in [0, 0.1) is 0 Å². The lowest BCUT2D eigenvalue weighted by molar-refractivity contribution is -0.111. The maximum atomic E-state index is 13.5. The van der Waals surface area contributed by atoms with Crippen LogP contribution < -0.4 is 0 Å². The molecule has 0 atom stereocenters. The average Bonchev–Trinajstić information content (AvgIpc) is 2.71. The fourth-order valence-electron chi connectivity index (χ4n) is 3.78. The Balaban J connectivity index is 2.71. The molecule has 0 saturated heterocycles. The Morgan fingerprint density at radius 2 is 1.38 bits per heavy atom. The Bertz CT molecular complexity index is 1030. The van der Waals surface area contributed by atoms with E-state index in [1.807, 2.05) is 90.1 Å². The number of aromatic hydroxyl groups is 1. The van der Waals surface area contributed by atoms with E-state index in [0.717, 1.165) is 22.3 Å². The largest absolute Gasteiger partial charge is 0.507 e. The maximum Gasteiger partial charge on any atom is 0.338 e. The molecule has 0 spiro atoms. The van der Waals surface area contributed by atoms with Crippen LogP contribution in [0.15, 0.2) is 42.5 Å². The van der Waals surface area contributed by atoms with Crippen LogP contribution in [0.25, 0.3) is 11.6 Å². The average molecular weight is 487 g/mol. The van der Waals surface area contributed by atoms with Gasteiger partial charge in [0.1, 0.15) is 11.9 Å². The molecule has 0 aliphatic carbocycles. The van der Waals surface area contributed by atoms with Gasteiger partial charge in [-0.3, -0.25) is 9.36 Å². The first-order chi connectivity index (χ1) is 15.7. The number of phenols is 1. The van der Waals surface area contributed by atoms with Crippen LogP contribution in [0.3, 0.4) is 0 Å². The third-order valence-electron chi connectivity index (χ3n) is 5.43. The first-order valence-corrected chi connectivity index (χ1v) is 13.5. The summed E-state index contributed by atoms with van der Waals surface area (Å²) in [7, 11) is -3.56. The zero-order chi connectivity index (χ0) is 25.7. The Morgan fingerprint density at radius 3 is 1.79 bits per heavy atom. The molecule has 1 N–H and O–H groups in total. The molecule has 5 nitrogen and oxygen atoms in total. The van der Waals surface area contributed by atoms with Crippen LogP contribution in [0.1, 0.15) is 77.6 Å². The molecule has 2 aromatic rings. The second kappa shape index (κ2) is 11.0. The van der Waals surface area contributed by atoms with E-state index in [9.17, 15) is 14.5 Å². The van der Waals surface area contributed by atoms with Gasteiger partial charge in [0.15, 0.2) is 5.78 Å². The molecule has 0 bridgehead atoms. The molecule has 0 unspecified atom stereocenters. The van der Waals surface area contributed by atoms with Gasteiger partial charge < -0.3 is 14.2 Å². The Hall–Kier alpha value is -2.20. The third kappa shape index (κ3) is 7.15. The number of allylic oxidation sites excluding steroid dienone is 1. The number of ketones is 1. The quantitative estimate of drug-likeness (QED) is 0.228. The molecule has 0 heterocycles. The summed E-state index contributed by atoms with van der Waals surface area (Å²) in [4.78, 5) is 13.5. The van der Waals surface area contributed by atoms with Crippen LogP contribution >= 0.6 is 7.60 Å². The topological polar surface area (TPSA) is 72.8 Å². The van der Waals surface area contributed by atoms with E-state index in [1.54, 1.807) is 13.8 Å². The smallest absolute Gasteiger partial charge is 0.338 e. The molecule has 34 heavy (non-hydrogen) atoms. The first kappa shape index (κ1) is 28.0. The second-order valence-corrected chi connectivity index (χ2v) is 12.5. The van der Waals surface area contributed by atoms with E-state index in [0.29, 0.717) is 5.57 Å². The van der Waals surface area contributed by atoms with E-state index in [4.69, 9.17) is 9.05 Å². The highest BCUT2D eigenvalue weighted by Gasteiger charge is 2.30. The summed E-state index contributed by atoms with van der Waals surface area (Å²) in [6.45, 7) is 16.1. The normalized spacial score (nSPS) is 13.2. The summed E-state index contributed by atoms with van der Waals surface area (Å²) >= 11 is 0. The number of benzene rings is 2. The van der Waals surface area contributed by atoms with Crippen LogP contribution in [0.4, 0.5) is 0 Å². The highest BCUT2D eigenvalue weighted by molar-refractivity contribution is 7.55. The lowest BCUT2D eigenvalue weighted by atomic mass is 9.78. The number of hydrogen-bond acceptors (Lipinski definition) is 5. The van der Waals surface area contributed by atoms with E-state index < -0.39 is 7.60 Å². The van der Waals surface area contributed by atoms with Gasteiger partial charge in [0.25, 0.3) is 0 Å². The molecule has 0 radical (unpaired) electrons. The van der Waals surface area contributed by atoms with E-state index in [1.165, 1.54) is 0 Å². The van der Waals surface area contributed by atoms with E-state index >= 15 is 0 Å². The van der Waals surface area contributed by atoms with Gasteiger partial charge in [-0.15, -0.1) is 0 Å². The van der Waals surface area contributed by atoms with Crippen molar-refractivity contribution in [1.29, 1.82) is 0 Å². The van der Waals surface area contributed by atoms with E-state index in [2.05, 4.69) is 0 Å². The molecule has 2 rings (SSSR count). The van der Waals surface area contributed by atoms with Crippen molar-refractivity contribution in [2.75, 3.05) is 19.4 Å². The van der Waals surface area contributed by atoms with Gasteiger partial charge in [-0.1, -0.05) is 71.9 Å². The van der Waals surface area contributed by atoms with Crippen LogP contribution in [0.5, 0.6) is 5.75 Å². The third-order valence-corrected chi connectivity index (χ3v) is 7.41. The molecule has 2 aromatic carbocycles. The summed E-state index contributed by atoms with van der Waals surface area (Å²) in [5.41, 5.74) is 2.94. The van der Waals surface area contributed by atoms with Crippen LogP contribution in [0.2, 0.25) is 0 Å². The molecule has 0 amide bonds. The fourth-order valence-corrected chi connectivity index (χ4v) is 5.34. The van der Waals surface area contributed by atoms with Crippen molar-refractivity contribution in [2.24, 2.45) is 0 Å².